The summed E-state index contributed by atoms with van der Waals surface area (Å²) in [6.07, 6.45) is 0. The number of aryl methyl sites for hydroxylation is 2. The van der Waals surface area contributed by atoms with Gasteiger partial charge in [-0.25, -0.2) is 9.78 Å². The van der Waals surface area contributed by atoms with Gasteiger partial charge in [-0.2, -0.15) is 4.98 Å². The lowest BCUT2D eigenvalue weighted by Crippen LogP contribution is -2.29. The van der Waals surface area contributed by atoms with Crippen LogP contribution in [-0.2, 0) is 20.1 Å². The largest absolute Gasteiger partial charge is 0.431 e. The molecule has 0 spiro atoms. The molecule has 33 heavy (non-hydrogen) atoms. The van der Waals surface area contributed by atoms with Gasteiger partial charge in [-0.05, 0) is 17.7 Å². The lowest BCUT2D eigenvalue weighted by Gasteiger charge is -2.19. The molecule has 10 heteroatoms. The molecular formula is C23H22N6O3S. The lowest BCUT2D eigenvalue weighted by atomic mass is 10.2. The van der Waals surface area contributed by atoms with Crippen molar-refractivity contribution in [3.63, 3.8) is 0 Å². The number of aromatic amines is 1. The number of H-pyrrole nitrogens is 1. The van der Waals surface area contributed by atoms with Crippen LogP contribution in [0.2, 0.25) is 0 Å². The number of benzene rings is 2. The molecule has 2 aromatic carbocycles. The zero-order chi connectivity index (χ0) is 22.9. The van der Waals surface area contributed by atoms with Gasteiger partial charge in [0.15, 0.2) is 16.7 Å². The number of fused-ring (bicyclic) bond motifs is 2. The molecule has 9 nitrogen and oxygen atoms in total. The molecule has 0 unspecified atom stereocenters. The van der Waals surface area contributed by atoms with E-state index >= 15 is 0 Å². The molecule has 0 saturated carbocycles. The minimum atomic E-state index is -0.490. The Morgan fingerprint density at radius 1 is 1.06 bits per heavy atom. The molecule has 3 aromatic heterocycles. The first-order valence-corrected chi connectivity index (χ1v) is 11.4. The van der Waals surface area contributed by atoms with Crippen molar-refractivity contribution >= 4 is 40.0 Å². The van der Waals surface area contributed by atoms with E-state index in [2.05, 4.69) is 15.0 Å². The third kappa shape index (κ3) is 4.05. The van der Waals surface area contributed by atoms with Crippen molar-refractivity contribution in [1.29, 1.82) is 0 Å². The van der Waals surface area contributed by atoms with E-state index in [9.17, 15) is 9.59 Å². The van der Waals surface area contributed by atoms with E-state index in [-0.39, 0.29) is 0 Å². The standard InChI is InChI=1S/C23H22N6O3S/c1-27(14-15-8-4-3-5-9-15)21-25-19-18(20(30)26-22(31)28(19)2)29(21)12-13-33-23-24-16-10-6-7-11-17(16)32-23/h3-11H,12-14H2,1-2H3,(H,26,30,31). The normalized spacial score (nSPS) is 11.5. The Morgan fingerprint density at radius 2 is 1.82 bits per heavy atom. The van der Waals surface area contributed by atoms with Gasteiger partial charge in [-0.3, -0.25) is 14.3 Å². The van der Waals surface area contributed by atoms with Crippen LogP contribution in [0, 0.1) is 0 Å². The van der Waals surface area contributed by atoms with Crippen LogP contribution in [0.4, 0.5) is 5.95 Å². The van der Waals surface area contributed by atoms with Crippen LogP contribution >= 0.6 is 11.8 Å². The quantitative estimate of drug-likeness (QED) is 0.371. The fraction of sp³-hybridized carbons (Fsp3) is 0.217. The molecule has 168 valence electrons. The number of imidazole rings is 1. The molecule has 1 N–H and O–H groups in total. The molecule has 0 aliphatic carbocycles. The molecule has 5 aromatic rings. The van der Waals surface area contributed by atoms with E-state index in [1.54, 1.807) is 7.05 Å². The minimum absolute atomic E-state index is 0.352. The van der Waals surface area contributed by atoms with Crippen molar-refractivity contribution in [3.05, 3.63) is 81.0 Å². The molecular weight excluding hydrogens is 440 g/mol. The Hall–Kier alpha value is -3.79. The summed E-state index contributed by atoms with van der Waals surface area (Å²) in [4.78, 5) is 38.4. The Balaban J connectivity index is 1.48. The fourth-order valence-electron chi connectivity index (χ4n) is 3.79. The van der Waals surface area contributed by atoms with E-state index in [1.807, 2.05) is 71.1 Å². The number of hydrogen-bond donors (Lipinski definition) is 1. The number of hydrogen-bond acceptors (Lipinski definition) is 7. The maximum absolute atomic E-state index is 12.7. The van der Waals surface area contributed by atoms with Crippen molar-refractivity contribution in [1.82, 2.24) is 24.1 Å². The maximum Gasteiger partial charge on any atom is 0.329 e. The number of thioether (sulfide) groups is 1. The lowest BCUT2D eigenvalue weighted by molar-refractivity contribution is 0.489. The molecule has 0 bridgehead atoms. The highest BCUT2D eigenvalue weighted by Crippen LogP contribution is 2.25. The summed E-state index contributed by atoms with van der Waals surface area (Å²) in [6, 6.07) is 17.6. The highest BCUT2D eigenvalue weighted by Gasteiger charge is 2.20. The molecule has 0 atom stereocenters. The van der Waals surface area contributed by atoms with Crippen LogP contribution in [0.5, 0.6) is 0 Å². The SMILES string of the molecule is CN(Cc1ccccc1)c1nc2c(c(=O)[nH]c(=O)n2C)n1CCSc1nc2ccccc2o1. The Labute approximate surface area is 192 Å². The van der Waals surface area contributed by atoms with E-state index < -0.39 is 11.2 Å². The summed E-state index contributed by atoms with van der Waals surface area (Å²) in [5.41, 5.74) is 2.44. The second kappa shape index (κ2) is 8.62. The van der Waals surface area contributed by atoms with Gasteiger partial charge in [0, 0.05) is 32.9 Å². The number of anilines is 1. The first-order chi connectivity index (χ1) is 16.0. The van der Waals surface area contributed by atoms with Gasteiger partial charge in [0.25, 0.3) is 10.8 Å². The first-order valence-electron chi connectivity index (χ1n) is 10.4. The van der Waals surface area contributed by atoms with Crippen molar-refractivity contribution in [3.8, 4) is 0 Å². The zero-order valence-electron chi connectivity index (χ0n) is 18.2. The number of para-hydroxylation sites is 2. The van der Waals surface area contributed by atoms with Gasteiger partial charge in [0.2, 0.25) is 5.95 Å². The summed E-state index contributed by atoms with van der Waals surface area (Å²) in [7, 11) is 3.52. The van der Waals surface area contributed by atoms with E-state index in [4.69, 9.17) is 4.42 Å². The second-order valence-corrected chi connectivity index (χ2v) is 8.74. The highest BCUT2D eigenvalue weighted by atomic mass is 32.2. The monoisotopic (exact) mass is 462 g/mol. The molecule has 0 amide bonds. The maximum atomic E-state index is 12.7. The average Bonchev–Trinajstić information content (AvgIpc) is 3.40. The predicted octanol–water partition coefficient (Wildman–Crippen LogP) is 2.99. The summed E-state index contributed by atoms with van der Waals surface area (Å²) < 4.78 is 9.01. The third-order valence-corrected chi connectivity index (χ3v) is 6.21. The average molecular weight is 463 g/mol. The molecule has 0 aliphatic heterocycles. The van der Waals surface area contributed by atoms with Crippen molar-refractivity contribution in [2.75, 3.05) is 17.7 Å². The molecule has 0 fully saturated rings. The smallest absolute Gasteiger partial charge is 0.329 e. The molecule has 0 aliphatic rings. The summed E-state index contributed by atoms with van der Waals surface area (Å²) in [6.45, 7) is 1.09. The molecule has 3 heterocycles. The molecule has 0 saturated heterocycles. The van der Waals surface area contributed by atoms with Gasteiger partial charge >= 0.3 is 5.69 Å². The predicted molar refractivity (Wildman–Crippen MR) is 129 cm³/mol. The number of nitrogens with one attached hydrogen (secondary N) is 1. The highest BCUT2D eigenvalue weighted by molar-refractivity contribution is 7.99. The van der Waals surface area contributed by atoms with Crippen LogP contribution in [0.25, 0.3) is 22.3 Å². The second-order valence-electron chi connectivity index (χ2n) is 7.69. The summed E-state index contributed by atoms with van der Waals surface area (Å²) in [5.74, 6) is 1.21. The Morgan fingerprint density at radius 3 is 2.61 bits per heavy atom. The topological polar surface area (TPSA) is 102 Å². The number of rotatable bonds is 7. The fourth-order valence-corrected chi connectivity index (χ4v) is 4.55. The van der Waals surface area contributed by atoms with Gasteiger partial charge in [-0.1, -0.05) is 54.2 Å². The number of aromatic nitrogens is 5. The Kier molecular flexibility index (Phi) is 5.51. The summed E-state index contributed by atoms with van der Waals surface area (Å²) >= 11 is 1.46. The van der Waals surface area contributed by atoms with E-state index in [0.717, 1.165) is 16.7 Å². The van der Waals surface area contributed by atoms with Crippen molar-refractivity contribution < 1.29 is 4.42 Å². The van der Waals surface area contributed by atoms with Crippen LogP contribution in [0.1, 0.15) is 5.56 Å². The van der Waals surface area contributed by atoms with Crippen LogP contribution in [0.15, 0.2) is 73.8 Å². The van der Waals surface area contributed by atoms with Crippen LogP contribution in [0.3, 0.4) is 0 Å². The Bertz CT molecular complexity index is 1520. The molecule has 0 radical (unpaired) electrons. The third-order valence-electron chi connectivity index (χ3n) is 5.41. The number of nitrogens with zero attached hydrogens (tertiary/aromatic N) is 5. The van der Waals surface area contributed by atoms with Gasteiger partial charge in [0.1, 0.15) is 5.52 Å². The number of oxazole rings is 1. The zero-order valence-corrected chi connectivity index (χ0v) is 19.0. The van der Waals surface area contributed by atoms with E-state index in [0.29, 0.717) is 41.2 Å². The summed E-state index contributed by atoms with van der Waals surface area (Å²) in [5, 5.41) is 0.570. The van der Waals surface area contributed by atoms with Gasteiger partial charge in [-0.15, -0.1) is 0 Å². The van der Waals surface area contributed by atoms with Crippen molar-refractivity contribution in [2.45, 2.75) is 18.3 Å². The van der Waals surface area contributed by atoms with Gasteiger partial charge < -0.3 is 13.9 Å². The van der Waals surface area contributed by atoms with Crippen LogP contribution < -0.4 is 16.1 Å². The van der Waals surface area contributed by atoms with E-state index in [1.165, 1.54) is 16.3 Å². The minimum Gasteiger partial charge on any atom is -0.431 e. The van der Waals surface area contributed by atoms with Crippen molar-refractivity contribution in [2.24, 2.45) is 7.05 Å². The van der Waals surface area contributed by atoms with Crippen LogP contribution in [-0.4, -0.2) is 36.9 Å². The van der Waals surface area contributed by atoms with Gasteiger partial charge in [0.05, 0.1) is 0 Å². The molecule has 5 rings (SSSR count). The first kappa shape index (κ1) is 21.1.